The monoisotopic (exact) mass is 316 g/mol. The molecule has 0 aromatic heterocycles. The maximum atomic E-state index is 11.6. The van der Waals surface area contributed by atoms with E-state index in [2.05, 4.69) is 16.1 Å². The Hall–Kier alpha value is -2.60. The van der Waals surface area contributed by atoms with E-state index in [1.807, 2.05) is 42.3 Å². The Morgan fingerprint density at radius 1 is 1.09 bits per heavy atom. The fourth-order valence-corrected chi connectivity index (χ4v) is 2.32. The van der Waals surface area contributed by atoms with Gasteiger partial charge in [-0.05, 0) is 41.6 Å². The van der Waals surface area contributed by atoms with Crippen molar-refractivity contribution < 1.29 is 19.1 Å². The predicted octanol–water partition coefficient (Wildman–Crippen LogP) is 2.16. The number of likely N-dealkylation sites (N-methyl/N-ethyl adjacent to an activating group) is 1. The van der Waals surface area contributed by atoms with E-state index in [1.165, 1.54) is 7.11 Å². The fourth-order valence-electron chi connectivity index (χ4n) is 2.32. The maximum absolute atomic E-state index is 11.6. The Morgan fingerprint density at radius 2 is 1.78 bits per heavy atom. The average molecular weight is 316 g/mol. The Labute approximate surface area is 135 Å². The first-order chi connectivity index (χ1) is 11.0. The van der Waals surface area contributed by atoms with Crippen molar-refractivity contribution in [3.05, 3.63) is 42.0 Å². The molecule has 6 heteroatoms. The molecule has 6 nitrogen and oxygen atoms in total. The number of methoxy groups -OCH3 is 2. The minimum absolute atomic E-state index is 0.107. The highest BCUT2D eigenvalue weighted by Gasteiger charge is 2.11. The summed E-state index contributed by atoms with van der Waals surface area (Å²) in [5.41, 5.74) is 1.08. The maximum Gasteiger partial charge on any atom is 0.413 e. The Morgan fingerprint density at radius 3 is 2.48 bits per heavy atom. The van der Waals surface area contributed by atoms with Crippen molar-refractivity contribution >= 4 is 22.8 Å². The van der Waals surface area contributed by atoms with E-state index >= 15 is 0 Å². The van der Waals surface area contributed by atoms with Crippen molar-refractivity contribution in [2.45, 2.75) is 6.54 Å². The number of amides is 2. The lowest BCUT2D eigenvalue weighted by Gasteiger charge is -2.16. The minimum Gasteiger partial charge on any atom is -0.497 e. The SMILES string of the molecule is COC(=O)NC(=O)CN(C)Cc1ccc2cc(OC)ccc2c1. The first-order valence-electron chi connectivity index (χ1n) is 7.15. The Bertz CT molecular complexity index is 715. The van der Waals surface area contributed by atoms with Crippen LogP contribution in [-0.2, 0) is 16.1 Å². The molecule has 0 saturated heterocycles. The molecule has 0 radical (unpaired) electrons. The lowest BCUT2D eigenvalue weighted by molar-refractivity contribution is -0.121. The van der Waals surface area contributed by atoms with Gasteiger partial charge in [-0.3, -0.25) is 15.0 Å². The zero-order chi connectivity index (χ0) is 16.8. The van der Waals surface area contributed by atoms with E-state index in [0.717, 1.165) is 22.1 Å². The molecule has 23 heavy (non-hydrogen) atoms. The van der Waals surface area contributed by atoms with Crippen LogP contribution in [0.25, 0.3) is 10.8 Å². The number of ether oxygens (including phenoxy) is 2. The van der Waals surface area contributed by atoms with Gasteiger partial charge in [0.2, 0.25) is 5.91 Å². The first-order valence-corrected chi connectivity index (χ1v) is 7.15. The molecule has 0 aliphatic carbocycles. The van der Waals surface area contributed by atoms with Gasteiger partial charge in [-0.2, -0.15) is 0 Å². The van der Waals surface area contributed by atoms with Crippen molar-refractivity contribution in [3.63, 3.8) is 0 Å². The summed E-state index contributed by atoms with van der Waals surface area (Å²) in [5.74, 6) is 0.423. The number of carbonyl (C=O) groups excluding carboxylic acids is 2. The van der Waals surface area contributed by atoms with Gasteiger partial charge in [0.25, 0.3) is 0 Å². The molecule has 0 fully saturated rings. The van der Waals surface area contributed by atoms with Crippen LogP contribution < -0.4 is 10.1 Å². The molecule has 0 aliphatic heterocycles. The Balaban J connectivity index is 2.00. The zero-order valence-electron chi connectivity index (χ0n) is 13.5. The van der Waals surface area contributed by atoms with Crippen LogP contribution in [-0.4, -0.2) is 44.7 Å². The number of fused-ring (bicyclic) bond motifs is 1. The molecule has 0 aliphatic rings. The van der Waals surface area contributed by atoms with Crippen molar-refractivity contribution in [2.75, 3.05) is 27.8 Å². The number of benzene rings is 2. The standard InChI is InChI=1S/C17H20N2O4/c1-19(11-16(20)18-17(21)23-3)10-12-4-5-14-9-15(22-2)7-6-13(14)8-12/h4-9H,10-11H2,1-3H3,(H,18,20,21). The number of hydrogen-bond donors (Lipinski definition) is 1. The summed E-state index contributed by atoms with van der Waals surface area (Å²) in [6, 6.07) is 12.0. The van der Waals surface area contributed by atoms with Crippen LogP contribution in [0.2, 0.25) is 0 Å². The van der Waals surface area contributed by atoms with Crippen LogP contribution in [0.1, 0.15) is 5.56 Å². The molecule has 0 atom stereocenters. The number of nitrogens with one attached hydrogen (secondary N) is 1. The van der Waals surface area contributed by atoms with E-state index < -0.39 is 12.0 Å². The summed E-state index contributed by atoms with van der Waals surface area (Å²) in [5, 5.41) is 4.34. The quantitative estimate of drug-likeness (QED) is 0.915. The summed E-state index contributed by atoms with van der Waals surface area (Å²) in [6.07, 6.45) is -0.747. The van der Waals surface area contributed by atoms with Gasteiger partial charge < -0.3 is 9.47 Å². The highest BCUT2D eigenvalue weighted by atomic mass is 16.5. The van der Waals surface area contributed by atoms with Gasteiger partial charge in [-0.1, -0.05) is 18.2 Å². The fraction of sp³-hybridized carbons (Fsp3) is 0.294. The molecule has 0 unspecified atom stereocenters. The molecular weight excluding hydrogens is 296 g/mol. The zero-order valence-corrected chi connectivity index (χ0v) is 13.5. The van der Waals surface area contributed by atoms with Crippen molar-refractivity contribution in [1.29, 1.82) is 0 Å². The molecule has 122 valence electrons. The smallest absolute Gasteiger partial charge is 0.413 e. The molecule has 2 aromatic carbocycles. The Kier molecular flexibility index (Phi) is 5.54. The highest BCUT2D eigenvalue weighted by molar-refractivity contribution is 5.92. The van der Waals surface area contributed by atoms with Gasteiger partial charge in [0.05, 0.1) is 20.8 Å². The molecule has 2 amide bonds. The van der Waals surface area contributed by atoms with Gasteiger partial charge in [-0.25, -0.2) is 4.79 Å². The van der Waals surface area contributed by atoms with Crippen molar-refractivity contribution in [3.8, 4) is 5.75 Å². The van der Waals surface area contributed by atoms with Crippen LogP contribution in [0, 0.1) is 0 Å². The van der Waals surface area contributed by atoms with Crippen LogP contribution in [0.4, 0.5) is 4.79 Å². The normalized spacial score (nSPS) is 10.6. The summed E-state index contributed by atoms with van der Waals surface area (Å²) in [7, 11) is 4.68. The van der Waals surface area contributed by atoms with Crippen LogP contribution in [0.5, 0.6) is 5.75 Å². The summed E-state index contributed by atoms with van der Waals surface area (Å²) < 4.78 is 9.60. The van der Waals surface area contributed by atoms with E-state index in [0.29, 0.717) is 6.54 Å². The third-order valence-corrected chi connectivity index (χ3v) is 3.40. The minimum atomic E-state index is -0.747. The van der Waals surface area contributed by atoms with Crippen molar-refractivity contribution in [1.82, 2.24) is 10.2 Å². The summed E-state index contributed by atoms with van der Waals surface area (Å²) >= 11 is 0. The molecule has 1 N–H and O–H groups in total. The lowest BCUT2D eigenvalue weighted by atomic mass is 10.1. The second kappa shape index (κ2) is 7.60. The van der Waals surface area contributed by atoms with E-state index in [4.69, 9.17) is 4.74 Å². The first kappa shape index (κ1) is 16.8. The molecule has 0 bridgehead atoms. The van der Waals surface area contributed by atoms with E-state index in [1.54, 1.807) is 7.11 Å². The van der Waals surface area contributed by atoms with Gasteiger partial charge >= 0.3 is 6.09 Å². The number of alkyl carbamates (subject to hydrolysis) is 1. The number of imide groups is 1. The molecule has 0 heterocycles. The molecule has 2 aromatic rings. The number of hydrogen-bond acceptors (Lipinski definition) is 5. The number of carbonyl (C=O) groups is 2. The third kappa shape index (κ3) is 4.69. The van der Waals surface area contributed by atoms with Crippen LogP contribution >= 0.6 is 0 Å². The van der Waals surface area contributed by atoms with E-state index in [-0.39, 0.29) is 6.54 Å². The second-order valence-corrected chi connectivity index (χ2v) is 5.26. The van der Waals surface area contributed by atoms with Crippen LogP contribution in [0.15, 0.2) is 36.4 Å². The molecule has 0 saturated carbocycles. The topological polar surface area (TPSA) is 67.9 Å². The van der Waals surface area contributed by atoms with Gasteiger partial charge in [-0.15, -0.1) is 0 Å². The highest BCUT2D eigenvalue weighted by Crippen LogP contribution is 2.22. The average Bonchev–Trinajstić information content (AvgIpc) is 2.53. The number of nitrogens with zero attached hydrogens (tertiary/aromatic N) is 1. The predicted molar refractivity (Wildman–Crippen MR) is 87.4 cm³/mol. The van der Waals surface area contributed by atoms with Crippen molar-refractivity contribution in [2.24, 2.45) is 0 Å². The number of rotatable bonds is 5. The second-order valence-electron chi connectivity index (χ2n) is 5.26. The van der Waals surface area contributed by atoms with Crippen LogP contribution in [0.3, 0.4) is 0 Å². The molecule has 2 rings (SSSR count). The van der Waals surface area contributed by atoms with E-state index in [9.17, 15) is 9.59 Å². The lowest BCUT2D eigenvalue weighted by Crippen LogP contribution is -2.38. The molecular formula is C17H20N2O4. The van der Waals surface area contributed by atoms with Gasteiger partial charge in [0.15, 0.2) is 0 Å². The molecule has 0 spiro atoms. The largest absolute Gasteiger partial charge is 0.497 e. The third-order valence-electron chi connectivity index (χ3n) is 3.40. The van der Waals surface area contributed by atoms with Gasteiger partial charge in [0.1, 0.15) is 5.75 Å². The summed E-state index contributed by atoms with van der Waals surface area (Å²) in [4.78, 5) is 24.4. The summed E-state index contributed by atoms with van der Waals surface area (Å²) in [6.45, 7) is 0.701. The van der Waals surface area contributed by atoms with Gasteiger partial charge in [0, 0.05) is 6.54 Å².